The van der Waals surface area contributed by atoms with Gasteiger partial charge in [0.15, 0.2) is 22.5 Å². The van der Waals surface area contributed by atoms with E-state index in [1.54, 1.807) is 38.5 Å². The third-order valence-corrected chi connectivity index (χ3v) is 6.70. The average molecular weight is 621 g/mol. The maximum Gasteiger partial charge on any atom is 0.342 e. The lowest BCUT2D eigenvalue weighted by molar-refractivity contribution is -0.131. The summed E-state index contributed by atoms with van der Waals surface area (Å²) in [6, 6.07) is 8.88. The first-order valence-corrected chi connectivity index (χ1v) is 12.5. The molecule has 0 radical (unpaired) electrons. The van der Waals surface area contributed by atoms with Crippen LogP contribution in [0.5, 0.6) is 23.0 Å². The average Bonchev–Trinajstić information content (AvgIpc) is 3.29. The molecule has 2 aromatic carbocycles. The summed E-state index contributed by atoms with van der Waals surface area (Å²) in [5.41, 5.74) is 1.35. The highest BCUT2D eigenvalue weighted by Gasteiger charge is 2.20. The third kappa shape index (κ3) is 6.24. The van der Waals surface area contributed by atoms with Gasteiger partial charge in [-0.25, -0.2) is 4.79 Å². The van der Waals surface area contributed by atoms with Crippen LogP contribution in [0.25, 0.3) is 17.5 Å². The standard InChI is InChI=1S/C25H24IN3O6S/c1-6-8-35-22-19(26)9-15(10-20(22)34-5)11-21(24(30)31)36-25-28-27-23(29(25)7-2)16-12-17(32-3)14-18(13-16)33-4/h1,9-14H,7-8H2,2-5H3,(H,30,31)/b21-11-. The Balaban J connectivity index is 2.00. The zero-order valence-electron chi connectivity index (χ0n) is 20.1. The molecule has 11 heteroatoms. The first kappa shape index (κ1) is 27.2. The molecule has 0 atom stereocenters. The van der Waals surface area contributed by atoms with Crippen molar-refractivity contribution in [1.29, 1.82) is 0 Å². The minimum absolute atomic E-state index is 0.0574. The molecule has 3 rings (SSSR count). The van der Waals surface area contributed by atoms with Crippen LogP contribution in [0.4, 0.5) is 0 Å². The van der Waals surface area contributed by atoms with Crippen molar-refractivity contribution in [3.05, 3.63) is 44.4 Å². The fourth-order valence-electron chi connectivity index (χ4n) is 3.26. The van der Waals surface area contributed by atoms with Crippen molar-refractivity contribution in [3.63, 3.8) is 0 Å². The summed E-state index contributed by atoms with van der Waals surface area (Å²) in [6.07, 6.45) is 6.84. The Hall–Kier alpha value is -3.37. The summed E-state index contributed by atoms with van der Waals surface area (Å²) in [5, 5.41) is 18.9. The molecule has 0 saturated heterocycles. The molecule has 9 nitrogen and oxygen atoms in total. The van der Waals surface area contributed by atoms with Crippen molar-refractivity contribution >= 4 is 46.4 Å². The molecule has 1 heterocycles. The summed E-state index contributed by atoms with van der Waals surface area (Å²) < 4.78 is 24.3. The minimum atomic E-state index is -1.10. The molecular weight excluding hydrogens is 597 g/mol. The van der Waals surface area contributed by atoms with Crippen molar-refractivity contribution in [2.75, 3.05) is 27.9 Å². The number of rotatable bonds is 11. The van der Waals surface area contributed by atoms with Gasteiger partial charge >= 0.3 is 5.97 Å². The van der Waals surface area contributed by atoms with E-state index in [4.69, 9.17) is 25.4 Å². The van der Waals surface area contributed by atoms with Gasteiger partial charge in [0.25, 0.3) is 0 Å². The number of carboxylic acids is 1. The summed E-state index contributed by atoms with van der Waals surface area (Å²) in [6.45, 7) is 2.54. The Morgan fingerprint density at radius 3 is 2.39 bits per heavy atom. The lowest BCUT2D eigenvalue weighted by Crippen LogP contribution is -2.03. The van der Waals surface area contributed by atoms with Crippen LogP contribution in [-0.4, -0.2) is 53.8 Å². The number of terminal acetylenes is 1. The second-order valence-electron chi connectivity index (χ2n) is 7.09. The Labute approximate surface area is 226 Å². The molecule has 1 aromatic heterocycles. The van der Waals surface area contributed by atoms with Gasteiger partial charge < -0.3 is 28.6 Å². The number of aromatic nitrogens is 3. The number of ether oxygens (including phenoxy) is 4. The fraction of sp³-hybridized carbons (Fsp3) is 0.240. The molecule has 0 fully saturated rings. The molecule has 0 unspecified atom stereocenters. The van der Waals surface area contributed by atoms with Gasteiger partial charge in [0.1, 0.15) is 23.0 Å². The molecular formula is C25H24IN3O6S. The summed E-state index contributed by atoms with van der Waals surface area (Å²) in [5.74, 6) is 4.04. The lowest BCUT2D eigenvalue weighted by Gasteiger charge is -2.12. The van der Waals surface area contributed by atoms with E-state index >= 15 is 0 Å². The quantitative estimate of drug-likeness (QED) is 0.140. The van der Waals surface area contributed by atoms with E-state index in [1.807, 2.05) is 23.6 Å². The predicted octanol–water partition coefficient (Wildman–Crippen LogP) is 4.83. The number of hydrogen-bond donors (Lipinski definition) is 1. The van der Waals surface area contributed by atoms with Crippen LogP contribution in [-0.2, 0) is 11.3 Å². The Bertz CT molecular complexity index is 1310. The van der Waals surface area contributed by atoms with Crippen LogP contribution < -0.4 is 18.9 Å². The van der Waals surface area contributed by atoms with E-state index < -0.39 is 5.97 Å². The highest BCUT2D eigenvalue weighted by molar-refractivity contribution is 14.1. The van der Waals surface area contributed by atoms with Gasteiger partial charge in [-0.15, -0.1) is 16.6 Å². The normalized spacial score (nSPS) is 11.1. The number of carboxylic acid groups (broad SMARTS) is 1. The topological polar surface area (TPSA) is 105 Å². The number of hydrogen-bond acceptors (Lipinski definition) is 8. The van der Waals surface area contributed by atoms with Crippen LogP contribution in [0, 0.1) is 15.9 Å². The Morgan fingerprint density at radius 2 is 1.83 bits per heavy atom. The number of nitrogens with zero attached hydrogens (tertiary/aromatic N) is 3. The first-order chi connectivity index (χ1) is 17.3. The number of halogens is 1. The maximum absolute atomic E-state index is 12.1. The van der Waals surface area contributed by atoms with Gasteiger partial charge in [-0.05, 0) is 77.2 Å². The second-order valence-corrected chi connectivity index (χ2v) is 9.27. The molecule has 188 valence electrons. The van der Waals surface area contributed by atoms with E-state index in [0.717, 1.165) is 20.9 Å². The van der Waals surface area contributed by atoms with E-state index in [1.165, 1.54) is 7.11 Å². The molecule has 36 heavy (non-hydrogen) atoms. The summed E-state index contributed by atoms with van der Waals surface area (Å²) in [7, 11) is 4.64. The van der Waals surface area contributed by atoms with E-state index in [9.17, 15) is 9.90 Å². The van der Waals surface area contributed by atoms with Gasteiger partial charge in [0.2, 0.25) is 0 Å². The molecule has 0 saturated carbocycles. The number of methoxy groups -OCH3 is 3. The van der Waals surface area contributed by atoms with Crippen LogP contribution in [0.3, 0.4) is 0 Å². The van der Waals surface area contributed by atoms with E-state index in [2.05, 4.69) is 38.7 Å². The largest absolute Gasteiger partial charge is 0.497 e. The van der Waals surface area contributed by atoms with Gasteiger partial charge in [-0.1, -0.05) is 5.92 Å². The van der Waals surface area contributed by atoms with Crippen molar-refractivity contribution in [2.45, 2.75) is 18.6 Å². The molecule has 0 amide bonds. The molecule has 3 aromatic rings. The summed E-state index contributed by atoms with van der Waals surface area (Å²) >= 11 is 3.09. The Kier molecular flexibility index (Phi) is 9.49. The smallest absolute Gasteiger partial charge is 0.342 e. The van der Waals surface area contributed by atoms with Crippen LogP contribution in [0.1, 0.15) is 12.5 Å². The third-order valence-electron chi connectivity index (χ3n) is 4.90. The SMILES string of the molecule is C#CCOc1c(I)cc(/C=C(\Sc2nnc(-c3cc(OC)cc(OC)c3)n2CC)C(=O)O)cc1OC. The van der Waals surface area contributed by atoms with E-state index in [-0.39, 0.29) is 11.5 Å². The molecule has 0 aliphatic rings. The van der Waals surface area contributed by atoms with Gasteiger partial charge in [0.05, 0.1) is 24.9 Å². The van der Waals surface area contributed by atoms with E-state index in [0.29, 0.717) is 46.1 Å². The zero-order chi connectivity index (χ0) is 26.2. The fourth-order valence-corrected chi connectivity index (χ4v) is 4.93. The second kappa shape index (κ2) is 12.5. The van der Waals surface area contributed by atoms with Crippen LogP contribution >= 0.6 is 34.4 Å². The number of benzene rings is 2. The van der Waals surface area contributed by atoms with Crippen molar-refractivity contribution in [3.8, 4) is 46.7 Å². The van der Waals surface area contributed by atoms with Gasteiger partial charge in [0, 0.05) is 18.2 Å². The number of aliphatic carboxylic acids is 1. The highest BCUT2D eigenvalue weighted by Crippen LogP contribution is 2.37. The monoisotopic (exact) mass is 621 g/mol. The zero-order valence-corrected chi connectivity index (χ0v) is 23.0. The summed E-state index contributed by atoms with van der Waals surface area (Å²) in [4.78, 5) is 12.2. The van der Waals surface area contributed by atoms with Crippen LogP contribution in [0.2, 0.25) is 0 Å². The molecule has 0 aliphatic heterocycles. The predicted molar refractivity (Wildman–Crippen MR) is 146 cm³/mol. The minimum Gasteiger partial charge on any atom is -0.497 e. The maximum atomic E-state index is 12.1. The van der Waals surface area contributed by atoms with Crippen molar-refractivity contribution in [1.82, 2.24) is 14.8 Å². The van der Waals surface area contributed by atoms with Gasteiger partial charge in [-0.3, -0.25) is 0 Å². The van der Waals surface area contributed by atoms with Gasteiger partial charge in [-0.2, -0.15) is 0 Å². The molecule has 1 N–H and O–H groups in total. The van der Waals surface area contributed by atoms with Crippen molar-refractivity contribution in [2.24, 2.45) is 0 Å². The first-order valence-electron chi connectivity index (χ1n) is 10.6. The van der Waals surface area contributed by atoms with Crippen molar-refractivity contribution < 1.29 is 28.8 Å². The number of thioether (sulfide) groups is 1. The molecule has 0 aliphatic carbocycles. The number of carbonyl (C=O) groups is 1. The molecule has 0 bridgehead atoms. The lowest BCUT2D eigenvalue weighted by atomic mass is 10.2. The molecule has 0 spiro atoms. The Morgan fingerprint density at radius 1 is 1.14 bits per heavy atom. The highest BCUT2D eigenvalue weighted by atomic mass is 127. The van der Waals surface area contributed by atoms with Crippen LogP contribution in [0.15, 0.2) is 40.4 Å².